The number of nitrogens with two attached hydrogens (primary N) is 1. The highest BCUT2D eigenvalue weighted by atomic mass is 19.3. The van der Waals surface area contributed by atoms with Crippen LogP contribution in [-0.2, 0) is 5.92 Å². The van der Waals surface area contributed by atoms with Gasteiger partial charge in [-0.25, -0.2) is 9.97 Å². The molecule has 8 heteroatoms. The Labute approximate surface area is 169 Å². The first-order valence-electron chi connectivity index (χ1n) is 10.1. The van der Waals surface area contributed by atoms with Gasteiger partial charge in [-0.05, 0) is 37.2 Å². The van der Waals surface area contributed by atoms with Crippen molar-refractivity contribution in [2.45, 2.75) is 43.6 Å². The Kier molecular flexibility index (Phi) is 5.71. The van der Waals surface area contributed by atoms with E-state index in [4.69, 9.17) is 5.84 Å². The molecule has 29 heavy (non-hydrogen) atoms. The van der Waals surface area contributed by atoms with Crippen LogP contribution in [0, 0.1) is 0 Å². The zero-order valence-electron chi connectivity index (χ0n) is 16.3. The van der Waals surface area contributed by atoms with Crippen molar-refractivity contribution < 1.29 is 8.78 Å². The first-order chi connectivity index (χ1) is 14.0. The first-order valence-corrected chi connectivity index (χ1v) is 10.1. The highest BCUT2D eigenvalue weighted by Crippen LogP contribution is 2.41. The summed E-state index contributed by atoms with van der Waals surface area (Å²) in [4.78, 5) is 10.0. The van der Waals surface area contributed by atoms with Crippen LogP contribution >= 0.6 is 0 Å². The minimum atomic E-state index is -2.85. The van der Waals surface area contributed by atoms with E-state index < -0.39 is 5.92 Å². The zero-order chi connectivity index (χ0) is 20.3. The fraction of sp³-hybridized carbons (Fsp3) is 0.476. The number of halogens is 2. The number of rotatable bonds is 7. The molecule has 0 radical (unpaired) electrons. The second-order valence-electron chi connectivity index (χ2n) is 7.90. The van der Waals surface area contributed by atoms with Gasteiger partial charge >= 0.3 is 0 Å². The second-order valence-corrected chi connectivity index (χ2v) is 7.90. The Hall–Kier alpha value is -2.61. The average Bonchev–Trinajstić information content (AvgIpc) is 3.56. The summed E-state index contributed by atoms with van der Waals surface area (Å²) in [6.07, 6.45) is 8.46. The lowest BCUT2D eigenvalue weighted by Crippen LogP contribution is -2.43. The van der Waals surface area contributed by atoms with Gasteiger partial charge in [0.25, 0.3) is 5.92 Å². The molecule has 0 atom stereocenters. The van der Waals surface area contributed by atoms with Gasteiger partial charge in [0.05, 0.1) is 18.3 Å². The molecular formula is C21H26F2N6. The van der Waals surface area contributed by atoms with Gasteiger partial charge in [0.1, 0.15) is 12.1 Å². The minimum Gasteiger partial charge on any atom is -0.367 e. The molecule has 2 fully saturated rings. The number of likely N-dealkylation sites (tertiary alicyclic amines) is 1. The standard InChI is InChI=1S/C21H26F2N6/c22-21(23,18-5-3-16(4-6-18)15-1-2-15)13-29-9-7-19(8-10-29)28-20-17(12-27-24)11-25-14-26-20/h3-6,11-12,14-15,19H,1-2,7-10,13,24H2,(H,25,26,28)/b27-12-. The molecule has 3 N–H and O–H groups in total. The fourth-order valence-electron chi connectivity index (χ4n) is 3.85. The lowest BCUT2D eigenvalue weighted by Gasteiger charge is -2.34. The van der Waals surface area contributed by atoms with Gasteiger partial charge in [0.2, 0.25) is 0 Å². The van der Waals surface area contributed by atoms with Crippen LogP contribution in [0.15, 0.2) is 41.9 Å². The Morgan fingerprint density at radius 1 is 1.17 bits per heavy atom. The third-order valence-corrected chi connectivity index (χ3v) is 5.69. The van der Waals surface area contributed by atoms with Crippen LogP contribution in [0.3, 0.4) is 0 Å². The van der Waals surface area contributed by atoms with Crippen LogP contribution in [0.1, 0.15) is 48.3 Å². The Balaban J connectivity index is 1.31. The Morgan fingerprint density at radius 2 is 1.90 bits per heavy atom. The predicted octanol–water partition coefficient (Wildman–Crippen LogP) is 3.31. The number of nitrogens with zero attached hydrogens (tertiary/aromatic N) is 4. The molecule has 4 rings (SSSR count). The minimum absolute atomic E-state index is 0.105. The summed E-state index contributed by atoms with van der Waals surface area (Å²) in [7, 11) is 0. The summed E-state index contributed by atoms with van der Waals surface area (Å²) in [5, 5.41) is 6.88. The van der Waals surface area contributed by atoms with E-state index in [0.29, 0.717) is 30.4 Å². The lowest BCUT2D eigenvalue weighted by atomic mass is 10.0. The number of aromatic nitrogens is 2. The highest BCUT2D eigenvalue weighted by Gasteiger charge is 2.35. The van der Waals surface area contributed by atoms with Crippen molar-refractivity contribution in [2.75, 3.05) is 25.0 Å². The van der Waals surface area contributed by atoms with Crippen LogP contribution in [0.4, 0.5) is 14.6 Å². The van der Waals surface area contributed by atoms with Crippen LogP contribution in [0.5, 0.6) is 0 Å². The van der Waals surface area contributed by atoms with Gasteiger partial charge in [-0.15, -0.1) is 0 Å². The van der Waals surface area contributed by atoms with Crippen LogP contribution in [0.2, 0.25) is 0 Å². The van der Waals surface area contributed by atoms with E-state index >= 15 is 0 Å². The van der Waals surface area contributed by atoms with Crippen molar-refractivity contribution in [1.29, 1.82) is 0 Å². The van der Waals surface area contributed by atoms with Gasteiger partial charge in [0, 0.05) is 30.9 Å². The normalized spacial score (nSPS) is 19.0. The van der Waals surface area contributed by atoms with Gasteiger partial charge < -0.3 is 11.2 Å². The van der Waals surface area contributed by atoms with Crippen molar-refractivity contribution in [1.82, 2.24) is 14.9 Å². The molecule has 2 heterocycles. The van der Waals surface area contributed by atoms with Crippen molar-refractivity contribution in [3.63, 3.8) is 0 Å². The number of nitrogens with one attached hydrogen (secondary N) is 1. The summed E-state index contributed by atoms with van der Waals surface area (Å²) in [6.45, 7) is 0.971. The molecule has 1 aliphatic heterocycles. The van der Waals surface area contributed by atoms with Crippen molar-refractivity contribution in [3.05, 3.63) is 53.5 Å². The summed E-state index contributed by atoms with van der Waals surface area (Å²) < 4.78 is 29.5. The molecule has 0 bridgehead atoms. The van der Waals surface area contributed by atoms with E-state index in [2.05, 4.69) is 20.4 Å². The molecule has 1 aromatic carbocycles. The SMILES string of the molecule is N/N=C\c1cncnc1NC1CCN(CC(F)(F)c2ccc(C3CC3)cc2)CC1. The van der Waals surface area contributed by atoms with Crippen molar-refractivity contribution in [3.8, 4) is 0 Å². The molecule has 154 valence electrons. The maximum absolute atomic E-state index is 14.8. The zero-order valence-corrected chi connectivity index (χ0v) is 16.3. The van der Waals surface area contributed by atoms with Crippen LogP contribution in [0.25, 0.3) is 0 Å². The van der Waals surface area contributed by atoms with Gasteiger partial charge in [-0.2, -0.15) is 13.9 Å². The van der Waals surface area contributed by atoms with Crippen molar-refractivity contribution in [2.24, 2.45) is 10.9 Å². The molecule has 1 saturated carbocycles. The number of benzene rings is 1. The van der Waals surface area contributed by atoms with Crippen molar-refractivity contribution >= 4 is 12.0 Å². The molecule has 1 saturated heterocycles. The number of piperidine rings is 1. The highest BCUT2D eigenvalue weighted by molar-refractivity contribution is 5.85. The molecule has 2 aliphatic rings. The number of hydrogen-bond donors (Lipinski definition) is 2. The molecule has 0 unspecified atom stereocenters. The van der Waals surface area contributed by atoms with E-state index in [9.17, 15) is 8.78 Å². The third-order valence-electron chi connectivity index (χ3n) is 5.69. The van der Waals surface area contributed by atoms with E-state index in [-0.39, 0.29) is 18.2 Å². The molecular weight excluding hydrogens is 374 g/mol. The summed E-state index contributed by atoms with van der Waals surface area (Å²) in [5.41, 5.74) is 1.99. The summed E-state index contributed by atoms with van der Waals surface area (Å²) >= 11 is 0. The summed E-state index contributed by atoms with van der Waals surface area (Å²) in [5.74, 6) is 3.61. The largest absolute Gasteiger partial charge is 0.367 e. The second kappa shape index (κ2) is 8.41. The van der Waals surface area contributed by atoms with Gasteiger partial charge in [-0.3, -0.25) is 4.90 Å². The van der Waals surface area contributed by atoms with E-state index in [1.165, 1.54) is 30.9 Å². The topological polar surface area (TPSA) is 79.4 Å². The molecule has 2 aromatic rings. The molecule has 0 amide bonds. The molecule has 6 nitrogen and oxygen atoms in total. The third kappa shape index (κ3) is 4.87. The van der Waals surface area contributed by atoms with Gasteiger partial charge in [-0.1, -0.05) is 24.3 Å². The monoisotopic (exact) mass is 400 g/mol. The number of hydrogen-bond acceptors (Lipinski definition) is 6. The van der Waals surface area contributed by atoms with Crippen LogP contribution in [-0.4, -0.2) is 46.8 Å². The molecule has 1 aromatic heterocycles. The fourth-order valence-corrected chi connectivity index (χ4v) is 3.85. The van der Waals surface area contributed by atoms with Gasteiger partial charge in [0.15, 0.2) is 0 Å². The van der Waals surface area contributed by atoms with E-state index in [0.717, 1.165) is 12.8 Å². The maximum atomic E-state index is 14.8. The smallest absolute Gasteiger partial charge is 0.285 e. The van der Waals surface area contributed by atoms with E-state index in [1.807, 2.05) is 17.0 Å². The first kappa shape index (κ1) is 19.7. The number of alkyl halides is 2. The lowest BCUT2D eigenvalue weighted by molar-refractivity contribution is -0.0421. The quantitative estimate of drug-likeness (QED) is 0.423. The molecule has 1 aliphatic carbocycles. The Bertz CT molecular complexity index is 843. The Morgan fingerprint density at radius 3 is 2.55 bits per heavy atom. The number of hydrazone groups is 1. The maximum Gasteiger partial charge on any atom is 0.285 e. The number of anilines is 1. The molecule has 0 spiro atoms. The van der Waals surface area contributed by atoms with Crippen LogP contribution < -0.4 is 11.2 Å². The summed E-state index contributed by atoms with van der Waals surface area (Å²) in [6, 6.07) is 7.08. The average molecular weight is 400 g/mol. The predicted molar refractivity (Wildman–Crippen MR) is 109 cm³/mol. The van der Waals surface area contributed by atoms with E-state index in [1.54, 1.807) is 18.3 Å².